The van der Waals surface area contributed by atoms with E-state index in [1.165, 1.54) is 44.2 Å². The van der Waals surface area contributed by atoms with Gasteiger partial charge in [-0.3, -0.25) is 0 Å². The van der Waals surface area contributed by atoms with Crippen molar-refractivity contribution in [2.75, 3.05) is 9.80 Å². The molecule has 3 aliphatic rings. The van der Waals surface area contributed by atoms with Crippen molar-refractivity contribution in [3.63, 3.8) is 0 Å². The van der Waals surface area contributed by atoms with E-state index in [0.29, 0.717) is 11.5 Å². The number of para-hydroxylation sites is 3. The summed E-state index contributed by atoms with van der Waals surface area (Å²) in [6.45, 7) is 4.31. The number of aryl methyl sites for hydroxylation is 1. The molecule has 1 aliphatic heterocycles. The monoisotopic (exact) mass is 1050 g/mol. The fourth-order valence-electron chi connectivity index (χ4n) is 11.3. The summed E-state index contributed by atoms with van der Waals surface area (Å²) in [6.07, 6.45) is 1.89. The molecule has 68 heavy (non-hydrogen) atoms. The minimum absolute atomic E-state index is 0. The Morgan fingerprint density at radius 1 is 0.500 bits per heavy atom. The molecule has 9 aromatic carbocycles. The van der Waals surface area contributed by atoms with Gasteiger partial charge in [0.15, 0.2) is 0 Å². The zero-order chi connectivity index (χ0) is 44.2. The van der Waals surface area contributed by atoms with E-state index in [0.717, 1.165) is 67.4 Å². The molecule has 14 rings (SSSR count). The van der Waals surface area contributed by atoms with Gasteiger partial charge >= 0.3 is 0 Å². The van der Waals surface area contributed by atoms with E-state index < -0.39 is 5.41 Å². The second-order valence-corrected chi connectivity index (χ2v) is 17.6. The number of fused-ring (bicyclic) bond motifs is 8. The van der Waals surface area contributed by atoms with Gasteiger partial charge in [0.05, 0.1) is 0 Å². The fraction of sp³-hybridized carbons (Fsp3) is 0.0323. The first kappa shape index (κ1) is 40.3. The zero-order valence-electron chi connectivity index (χ0n) is 36.8. The number of hydrogen-bond acceptors (Lipinski definition) is 4. The Labute approximate surface area is 409 Å². The number of ether oxygens (including phenoxy) is 1. The van der Waals surface area contributed by atoms with Crippen molar-refractivity contribution in [3.8, 4) is 50.7 Å². The molecule has 2 aromatic heterocycles. The molecule has 0 radical (unpaired) electrons. The second-order valence-electron chi connectivity index (χ2n) is 17.6. The summed E-state index contributed by atoms with van der Waals surface area (Å²) in [5.74, 6) is 2.06. The molecule has 11 aromatic rings. The SMILES string of the molecule is Cc1ccnc(-n2c3[c-]c(Oc4[c-]c(N5[CH-]N(c6c(-c7ccccc7)cccc6-c6ccccc6)c6ccccc65)ccc4)cc4c3c3c(cccc32)C42c3ccccc3-c3ccccc32)c1.[Pt]. The average Bonchev–Trinajstić information content (AvgIpc) is 4.11. The predicted octanol–water partition coefficient (Wildman–Crippen LogP) is 15.3. The molecular weight excluding hydrogens is 1010 g/mol. The third-order valence-corrected chi connectivity index (χ3v) is 14.0. The van der Waals surface area contributed by atoms with Gasteiger partial charge in [-0.25, -0.2) is 4.98 Å². The summed E-state index contributed by atoms with van der Waals surface area (Å²) in [5.41, 5.74) is 18.8. The molecule has 0 unspecified atom stereocenters. The minimum atomic E-state index is -0.542. The van der Waals surface area contributed by atoms with Crippen LogP contribution in [0.25, 0.3) is 61.0 Å². The number of hydrogen-bond donors (Lipinski definition) is 0. The maximum absolute atomic E-state index is 7.06. The summed E-state index contributed by atoms with van der Waals surface area (Å²) in [4.78, 5) is 9.48. The molecule has 1 spiro atoms. The van der Waals surface area contributed by atoms with Crippen LogP contribution in [-0.4, -0.2) is 9.55 Å². The number of benzene rings is 9. The Hall–Kier alpha value is -7.98. The van der Waals surface area contributed by atoms with Crippen molar-refractivity contribution >= 4 is 44.6 Å². The van der Waals surface area contributed by atoms with Crippen LogP contribution in [0.4, 0.5) is 22.7 Å². The van der Waals surface area contributed by atoms with Crippen LogP contribution in [0.3, 0.4) is 0 Å². The summed E-state index contributed by atoms with van der Waals surface area (Å²) < 4.78 is 9.32. The van der Waals surface area contributed by atoms with E-state index in [1.54, 1.807) is 0 Å². The number of anilines is 4. The Balaban J connectivity index is 0.00000457. The largest absolute Gasteiger partial charge is 0.509 e. The van der Waals surface area contributed by atoms with Crippen molar-refractivity contribution in [2.45, 2.75) is 12.3 Å². The maximum atomic E-state index is 7.06. The van der Waals surface area contributed by atoms with Gasteiger partial charge in [-0.1, -0.05) is 163 Å². The first-order valence-corrected chi connectivity index (χ1v) is 22.8. The van der Waals surface area contributed by atoms with Crippen molar-refractivity contribution in [2.24, 2.45) is 0 Å². The Kier molecular flexibility index (Phi) is 9.22. The van der Waals surface area contributed by atoms with Gasteiger partial charge in [0.1, 0.15) is 5.82 Å². The van der Waals surface area contributed by atoms with Gasteiger partial charge in [0.25, 0.3) is 0 Å². The zero-order valence-corrected chi connectivity index (χ0v) is 39.1. The number of nitrogens with zero attached hydrogens (tertiary/aromatic N) is 4. The van der Waals surface area contributed by atoms with Crippen LogP contribution >= 0.6 is 0 Å². The smallest absolute Gasteiger partial charge is 0.135 e. The van der Waals surface area contributed by atoms with Crippen LogP contribution in [0.1, 0.15) is 27.8 Å². The standard InChI is InChI=1S/C62H39N4O.Pt/c1-40-33-34-63-58(35-40)66-56-32-16-29-52-59(56)60-53(62(52)50-27-10-8-23-48(50)49-24-9-11-28-51(49)62)37-45(38-57(60)66)67-44-22-14-21-43(36-44)64-39-65(55-31-13-12-30-54(55)64)61-46(41-17-4-2-5-18-41)25-15-26-47(61)42-19-6-3-7-20-42;/h2-35,37,39H,1H3;/q-3;. The molecule has 0 bridgehead atoms. The van der Waals surface area contributed by atoms with Crippen LogP contribution < -0.4 is 14.5 Å². The Bertz CT molecular complexity index is 3700. The third kappa shape index (κ3) is 5.76. The normalized spacial score (nSPS) is 13.5. The maximum Gasteiger partial charge on any atom is 0.135 e. The van der Waals surface area contributed by atoms with Gasteiger partial charge in [0, 0.05) is 77.9 Å². The molecule has 0 amide bonds. The van der Waals surface area contributed by atoms with Crippen molar-refractivity contribution in [1.82, 2.24) is 9.55 Å². The Morgan fingerprint density at radius 3 is 1.78 bits per heavy atom. The summed E-state index contributed by atoms with van der Waals surface area (Å²) in [5, 5.41) is 2.41. The molecule has 0 fully saturated rings. The molecule has 6 heteroatoms. The second kappa shape index (κ2) is 15.6. The molecule has 5 nitrogen and oxygen atoms in total. The first-order chi connectivity index (χ1) is 33.1. The molecule has 0 saturated carbocycles. The summed E-state index contributed by atoms with van der Waals surface area (Å²) >= 11 is 0. The van der Waals surface area contributed by atoms with E-state index >= 15 is 0 Å². The number of aromatic nitrogens is 2. The topological polar surface area (TPSA) is 33.5 Å². The molecule has 0 atom stereocenters. The molecule has 3 heterocycles. The summed E-state index contributed by atoms with van der Waals surface area (Å²) in [7, 11) is 0. The fourth-order valence-corrected chi connectivity index (χ4v) is 11.3. The van der Waals surface area contributed by atoms with Crippen LogP contribution in [0, 0.1) is 25.7 Å². The predicted molar refractivity (Wildman–Crippen MR) is 271 cm³/mol. The molecule has 326 valence electrons. The average molecular weight is 1050 g/mol. The molecule has 2 aliphatic carbocycles. The van der Waals surface area contributed by atoms with E-state index in [2.05, 4.69) is 234 Å². The quantitative estimate of drug-likeness (QED) is 0.149. The molecule has 0 N–H and O–H groups in total. The van der Waals surface area contributed by atoms with E-state index in [4.69, 9.17) is 9.72 Å². The van der Waals surface area contributed by atoms with Gasteiger partial charge in [-0.15, -0.1) is 48.3 Å². The van der Waals surface area contributed by atoms with Crippen molar-refractivity contribution in [1.29, 1.82) is 0 Å². The van der Waals surface area contributed by atoms with Gasteiger partial charge in [0.2, 0.25) is 0 Å². The van der Waals surface area contributed by atoms with Crippen molar-refractivity contribution < 1.29 is 25.8 Å². The van der Waals surface area contributed by atoms with Crippen LogP contribution in [0.2, 0.25) is 0 Å². The summed E-state index contributed by atoms with van der Waals surface area (Å²) in [6, 6.07) is 81.1. The van der Waals surface area contributed by atoms with E-state index in [1.807, 2.05) is 18.3 Å². The van der Waals surface area contributed by atoms with Crippen LogP contribution in [-0.2, 0) is 26.5 Å². The van der Waals surface area contributed by atoms with Crippen molar-refractivity contribution in [3.05, 3.63) is 259 Å². The van der Waals surface area contributed by atoms with E-state index in [-0.39, 0.29) is 21.1 Å². The van der Waals surface area contributed by atoms with Gasteiger partial charge < -0.3 is 19.1 Å². The molecule has 0 saturated heterocycles. The van der Waals surface area contributed by atoms with E-state index in [9.17, 15) is 0 Å². The van der Waals surface area contributed by atoms with Gasteiger partial charge in [-0.05, 0) is 87.1 Å². The van der Waals surface area contributed by atoms with Crippen LogP contribution in [0.5, 0.6) is 11.5 Å². The molecular formula is C62H39N4OPt-3. The number of pyridine rings is 1. The third-order valence-electron chi connectivity index (χ3n) is 14.0. The minimum Gasteiger partial charge on any atom is -0.509 e. The number of rotatable bonds is 7. The van der Waals surface area contributed by atoms with Crippen LogP contribution in [0.15, 0.2) is 212 Å². The first-order valence-electron chi connectivity index (χ1n) is 22.8. The van der Waals surface area contributed by atoms with Gasteiger partial charge in [-0.2, -0.15) is 6.07 Å². The Morgan fingerprint density at radius 2 is 1.09 bits per heavy atom.